The fourth-order valence-corrected chi connectivity index (χ4v) is 4.11. The Morgan fingerprint density at radius 1 is 1.00 bits per heavy atom. The van der Waals surface area contributed by atoms with Gasteiger partial charge in [-0.2, -0.15) is 0 Å². The Kier molecular flexibility index (Phi) is 4.37. The third kappa shape index (κ3) is 2.84. The molecule has 0 saturated carbocycles. The number of piperidine rings is 1. The SMILES string of the molecule is Cc1oc2c(c(C)cc3oc(=O)c(CC(=O)N4CCC(=O)CC4)c(C)c32)c1C. The zero-order valence-corrected chi connectivity index (χ0v) is 16.6. The van der Waals surface area contributed by atoms with Crippen molar-refractivity contribution in [2.24, 2.45) is 0 Å². The average molecular weight is 381 g/mol. The summed E-state index contributed by atoms with van der Waals surface area (Å²) >= 11 is 0. The summed E-state index contributed by atoms with van der Waals surface area (Å²) in [7, 11) is 0. The molecule has 3 heterocycles. The molecule has 1 aliphatic heterocycles. The molecular formula is C22H23NO5. The largest absolute Gasteiger partial charge is 0.460 e. The van der Waals surface area contributed by atoms with Crippen LogP contribution in [0.4, 0.5) is 0 Å². The van der Waals surface area contributed by atoms with Crippen LogP contribution in [0, 0.1) is 27.7 Å². The van der Waals surface area contributed by atoms with Gasteiger partial charge in [-0.15, -0.1) is 0 Å². The van der Waals surface area contributed by atoms with Crippen LogP contribution in [0.25, 0.3) is 21.9 Å². The van der Waals surface area contributed by atoms with E-state index in [0.29, 0.717) is 48.2 Å². The van der Waals surface area contributed by atoms with Crippen molar-refractivity contribution in [1.82, 2.24) is 4.90 Å². The number of benzene rings is 1. The molecule has 0 spiro atoms. The Bertz CT molecular complexity index is 1190. The Morgan fingerprint density at radius 2 is 1.68 bits per heavy atom. The Balaban J connectivity index is 1.83. The van der Waals surface area contributed by atoms with Gasteiger partial charge in [0, 0.05) is 31.3 Å². The van der Waals surface area contributed by atoms with Crippen molar-refractivity contribution in [1.29, 1.82) is 0 Å². The first-order valence-electron chi connectivity index (χ1n) is 9.53. The lowest BCUT2D eigenvalue weighted by molar-refractivity contribution is -0.133. The molecule has 28 heavy (non-hydrogen) atoms. The summed E-state index contributed by atoms with van der Waals surface area (Å²) in [4.78, 5) is 38.4. The minimum absolute atomic E-state index is 0.0354. The molecule has 0 radical (unpaired) electrons. The molecule has 0 aliphatic carbocycles. The number of hydrogen-bond donors (Lipinski definition) is 0. The van der Waals surface area contributed by atoms with E-state index >= 15 is 0 Å². The number of furan rings is 1. The highest BCUT2D eigenvalue weighted by atomic mass is 16.4. The predicted molar refractivity (Wildman–Crippen MR) is 106 cm³/mol. The van der Waals surface area contributed by atoms with Gasteiger partial charge >= 0.3 is 5.63 Å². The summed E-state index contributed by atoms with van der Waals surface area (Å²) < 4.78 is 11.6. The van der Waals surface area contributed by atoms with Crippen LogP contribution in [-0.4, -0.2) is 29.7 Å². The normalized spacial score (nSPS) is 15.0. The second kappa shape index (κ2) is 6.62. The molecule has 6 heteroatoms. The third-order valence-corrected chi connectivity index (χ3v) is 5.88. The molecule has 0 atom stereocenters. The molecule has 0 bridgehead atoms. The van der Waals surface area contributed by atoms with Gasteiger partial charge in [0.2, 0.25) is 5.91 Å². The first-order valence-corrected chi connectivity index (χ1v) is 9.53. The van der Waals surface area contributed by atoms with E-state index in [1.807, 2.05) is 33.8 Å². The van der Waals surface area contributed by atoms with Gasteiger partial charge in [0.25, 0.3) is 0 Å². The average Bonchev–Trinajstić information content (AvgIpc) is 2.94. The first kappa shape index (κ1) is 18.5. The third-order valence-electron chi connectivity index (χ3n) is 5.88. The second-order valence-corrected chi connectivity index (χ2v) is 7.64. The zero-order valence-electron chi connectivity index (χ0n) is 16.6. The number of hydrogen-bond acceptors (Lipinski definition) is 5. The Morgan fingerprint density at radius 3 is 2.36 bits per heavy atom. The van der Waals surface area contributed by atoms with Gasteiger partial charge < -0.3 is 13.7 Å². The summed E-state index contributed by atoms with van der Waals surface area (Å²) in [5, 5.41) is 1.77. The number of carbonyl (C=O) groups excluding carboxylic acids is 2. The molecule has 1 saturated heterocycles. The zero-order chi connectivity index (χ0) is 20.2. The Labute approximate surface area is 162 Å². The van der Waals surface area contributed by atoms with Gasteiger partial charge in [-0.05, 0) is 50.5 Å². The van der Waals surface area contributed by atoms with E-state index in [2.05, 4.69) is 0 Å². The van der Waals surface area contributed by atoms with Crippen LogP contribution >= 0.6 is 0 Å². The highest BCUT2D eigenvalue weighted by molar-refractivity contribution is 6.07. The van der Waals surface area contributed by atoms with Crippen molar-refractivity contribution in [2.45, 2.75) is 47.0 Å². The van der Waals surface area contributed by atoms with Crippen molar-refractivity contribution in [3.8, 4) is 0 Å². The fourth-order valence-electron chi connectivity index (χ4n) is 4.11. The summed E-state index contributed by atoms with van der Waals surface area (Å²) in [5.74, 6) is 0.844. The lowest BCUT2D eigenvalue weighted by atomic mass is 9.98. The summed E-state index contributed by atoms with van der Waals surface area (Å²) in [6.45, 7) is 8.55. The molecule has 146 valence electrons. The van der Waals surface area contributed by atoms with Gasteiger partial charge in [0.05, 0.1) is 17.4 Å². The number of fused-ring (bicyclic) bond motifs is 3. The number of Topliss-reactive ketones (excluding diaryl/α,β-unsaturated/α-hetero) is 1. The van der Waals surface area contributed by atoms with Crippen LogP contribution in [-0.2, 0) is 16.0 Å². The molecule has 1 fully saturated rings. The lowest BCUT2D eigenvalue weighted by Crippen LogP contribution is -2.40. The van der Waals surface area contributed by atoms with Gasteiger partial charge in [-0.25, -0.2) is 4.79 Å². The molecular weight excluding hydrogens is 358 g/mol. The minimum atomic E-state index is -0.495. The van der Waals surface area contributed by atoms with E-state index < -0.39 is 5.63 Å². The van der Waals surface area contributed by atoms with E-state index in [4.69, 9.17) is 8.83 Å². The summed E-state index contributed by atoms with van der Waals surface area (Å²) in [5.41, 5.74) is 3.80. The van der Waals surface area contributed by atoms with Gasteiger partial charge in [0.15, 0.2) is 0 Å². The van der Waals surface area contributed by atoms with E-state index in [9.17, 15) is 14.4 Å². The molecule has 2 aromatic heterocycles. The maximum Gasteiger partial charge on any atom is 0.340 e. The van der Waals surface area contributed by atoms with Gasteiger partial charge in [-0.3, -0.25) is 9.59 Å². The molecule has 0 N–H and O–H groups in total. The molecule has 0 unspecified atom stereocenters. The number of nitrogens with zero attached hydrogens (tertiary/aromatic N) is 1. The van der Waals surface area contributed by atoms with Crippen LogP contribution in [0.5, 0.6) is 0 Å². The summed E-state index contributed by atoms with van der Waals surface area (Å²) in [6, 6.07) is 1.86. The van der Waals surface area contributed by atoms with Crippen LogP contribution in [0.2, 0.25) is 0 Å². The lowest BCUT2D eigenvalue weighted by Gasteiger charge is -2.26. The number of carbonyl (C=O) groups is 2. The highest BCUT2D eigenvalue weighted by Gasteiger charge is 2.25. The minimum Gasteiger partial charge on any atom is -0.460 e. The highest BCUT2D eigenvalue weighted by Crippen LogP contribution is 2.36. The fraction of sp³-hybridized carbons (Fsp3) is 0.409. The molecule has 1 aromatic carbocycles. The topological polar surface area (TPSA) is 80.7 Å². The molecule has 4 rings (SSSR count). The van der Waals surface area contributed by atoms with E-state index in [1.54, 1.807) is 4.90 Å². The number of aryl methyl sites for hydroxylation is 4. The van der Waals surface area contributed by atoms with Crippen LogP contribution in [0.15, 0.2) is 19.7 Å². The predicted octanol–water partition coefficient (Wildman–Crippen LogP) is 3.51. The number of likely N-dealkylation sites (tertiary alicyclic amines) is 1. The van der Waals surface area contributed by atoms with Crippen LogP contribution in [0.1, 0.15) is 40.9 Å². The number of rotatable bonds is 2. The van der Waals surface area contributed by atoms with E-state index in [0.717, 1.165) is 27.7 Å². The molecule has 1 aliphatic rings. The standard InChI is InChI=1S/C22H23NO5/c1-11-9-17-20(21-19(11)12(2)14(4)27-21)13(3)16(22(26)28-17)10-18(25)23-7-5-15(24)6-8-23/h9H,5-8,10H2,1-4H3. The van der Waals surface area contributed by atoms with Crippen LogP contribution < -0.4 is 5.63 Å². The maximum absolute atomic E-state index is 12.7. The smallest absolute Gasteiger partial charge is 0.340 e. The van der Waals surface area contributed by atoms with E-state index in [1.165, 1.54) is 0 Å². The summed E-state index contributed by atoms with van der Waals surface area (Å²) in [6.07, 6.45) is 0.718. The molecule has 3 aromatic rings. The van der Waals surface area contributed by atoms with E-state index in [-0.39, 0.29) is 18.1 Å². The Hall–Kier alpha value is -2.89. The monoisotopic (exact) mass is 381 g/mol. The number of amides is 1. The van der Waals surface area contributed by atoms with Crippen LogP contribution in [0.3, 0.4) is 0 Å². The van der Waals surface area contributed by atoms with Crippen molar-refractivity contribution in [3.63, 3.8) is 0 Å². The quantitative estimate of drug-likeness (QED) is 0.635. The second-order valence-electron chi connectivity index (χ2n) is 7.64. The van der Waals surface area contributed by atoms with Gasteiger partial charge in [-0.1, -0.05) is 0 Å². The van der Waals surface area contributed by atoms with Crippen molar-refractivity contribution in [3.05, 3.63) is 44.5 Å². The van der Waals surface area contributed by atoms with Crippen molar-refractivity contribution < 1.29 is 18.4 Å². The van der Waals surface area contributed by atoms with Gasteiger partial charge in [0.1, 0.15) is 22.7 Å². The van der Waals surface area contributed by atoms with Crippen molar-refractivity contribution in [2.75, 3.05) is 13.1 Å². The van der Waals surface area contributed by atoms with Crippen molar-refractivity contribution >= 4 is 33.6 Å². The first-order chi connectivity index (χ1) is 13.3. The molecule has 6 nitrogen and oxygen atoms in total. The molecule has 1 amide bonds. The maximum atomic E-state index is 12.7. The number of ketones is 1.